The lowest BCUT2D eigenvalue weighted by molar-refractivity contribution is 0.199. The molecule has 2 aromatic carbocycles. The third-order valence-electron chi connectivity index (χ3n) is 3.15. The summed E-state index contributed by atoms with van der Waals surface area (Å²) >= 11 is 0. The maximum atomic E-state index is 12.8. The molecule has 0 aromatic heterocycles. The summed E-state index contributed by atoms with van der Waals surface area (Å²) in [4.78, 5) is 2.08. The van der Waals surface area contributed by atoms with Crippen molar-refractivity contribution < 1.29 is 9.50 Å². The van der Waals surface area contributed by atoms with Crippen molar-refractivity contribution in [2.75, 3.05) is 11.9 Å². The van der Waals surface area contributed by atoms with Crippen molar-refractivity contribution in [1.29, 1.82) is 0 Å². The molecule has 2 aromatic rings. The Kier molecular flexibility index (Phi) is 4.17. The Morgan fingerprint density at radius 1 is 1.05 bits per heavy atom. The Morgan fingerprint density at radius 2 is 1.63 bits per heavy atom. The molecule has 0 aliphatic heterocycles. The largest absolute Gasteiger partial charge is 0.389 e. The van der Waals surface area contributed by atoms with Crippen molar-refractivity contribution in [3.63, 3.8) is 0 Å². The Hall–Kier alpha value is -1.87. The van der Waals surface area contributed by atoms with E-state index in [0.717, 1.165) is 16.8 Å². The summed E-state index contributed by atoms with van der Waals surface area (Å²) in [6.07, 6.45) is -0.448. The van der Waals surface area contributed by atoms with Crippen molar-refractivity contribution in [1.82, 2.24) is 0 Å². The fraction of sp³-hybridized carbons (Fsp3) is 0.250. The highest BCUT2D eigenvalue weighted by Crippen LogP contribution is 2.19. The van der Waals surface area contributed by atoms with Gasteiger partial charge >= 0.3 is 0 Å². The molecule has 0 fully saturated rings. The molecule has 3 heteroatoms. The lowest BCUT2D eigenvalue weighted by Gasteiger charge is -2.20. The quantitative estimate of drug-likeness (QED) is 0.908. The Labute approximate surface area is 113 Å². The van der Waals surface area contributed by atoms with Crippen LogP contribution in [0.1, 0.15) is 24.2 Å². The van der Waals surface area contributed by atoms with Crippen LogP contribution in [0.3, 0.4) is 0 Å². The van der Waals surface area contributed by atoms with Crippen LogP contribution in [0.5, 0.6) is 0 Å². The summed E-state index contributed by atoms with van der Waals surface area (Å²) in [7, 11) is 1.99. The lowest BCUT2D eigenvalue weighted by Crippen LogP contribution is -2.16. The maximum Gasteiger partial charge on any atom is 0.123 e. The molecule has 2 nitrogen and oxygen atoms in total. The monoisotopic (exact) mass is 259 g/mol. The van der Waals surface area contributed by atoms with Gasteiger partial charge in [-0.15, -0.1) is 0 Å². The molecule has 0 bridgehead atoms. The van der Waals surface area contributed by atoms with Gasteiger partial charge in [0.25, 0.3) is 0 Å². The van der Waals surface area contributed by atoms with Crippen LogP contribution in [0, 0.1) is 5.82 Å². The predicted molar refractivity (Wildman–Crippen MR) is 75.6 cm³/mol. The second-order valence-corrected chi connectivity index (χ2v) is 4.75. The number of nitrogens with zero attached hydrogens (tertiary/aromatic N) is 1. The van der Waals surface area contributed by atoms with Crippen molar-refractivity contribution >= 4 is 5.69 Å². The van der Waals surface area contributed by atoms with Crippen LogP contribution >= 0.6 is 0 Å². The summed E-state index contributed by atoms with van der Waals surface area (Å²) in [6.45, 7) is 2.46. The molecule has 0 radical (unpaired) electrons. The molecular formula is C16H18FNO. The molecule has 0 amide bonds. The number of aliphatic hydroxyl groups excluding tert-OH is 1. The average molecular weight is 259 g/mol. The normalized spacial score (nSPS) is 12.2. The third-order valence-corrected chi connectivity index (χ3v) is 3.15. The van der Waals surface area contributed by atoms with Gasteiger partial charge in [0.15, 0.2) is 0 Å². The minimum atomic E-state index is -0.448. The van der Waals surface area contributed by atoms with Crippen LogP contribution in [-0.4, -0.2) is 12.2 Å². The van der Waals surface area contributed by atoms with E-state index in [9.17, 15) is 9.50 Å². The SMILES string of the molecule is CC(O)c1ccc(N(C)Cc2ccc(F)cc2)cc1. The van der Waals surface area contributed by atoms with Crippen LogP contribution in [0.4, 0.5) is 10.1 Å². The van der Waals surface area contributed by atoms with Gasteiger partial charge in [-0.2, -0.15) is 0 Å². The maximum absolute atomic E-state index is 12.8. The zero-order chi connectivity index (χ0) is 13.8. The van der Waals surface area contributed by atoms with Gasteiger partial charge in [0.05, 0.1) is 6.10 Å². The number of aliphatic hydroxyl groups is 1. The van der Waals surface area contributed by atoms with Gasteiger partial charge in [-0.3, -0.25) is 0 Å². The topological polar surface area (TPSA) is 23.5 Å². The number of hydrogen-bond donors (Lipinski definition) is 1. The fourth-order valence-corrected chi connectivity index (χ4v) is 1.96. The van der Waals surface area contributed by atoms with Crippen molar-refractivity contribution in [3.05, 3.63) is 65.5 Å². The number of rotatable bonds is 4. The van der Waals surface area contributed by atoms with E-state index in [1.54, 1.807) is 19.1 Å². The molecule has 2 rings (SSSR count). The van der Waals surface area contributed by atoms with E-state index in [2.05, 4.69) is 4.90 Å². The fourth-order valence-electron chi connectivity index (χ4n) is 1.96. The summed E-state index contributed by atoms with van der Waals surface area (Å²) in [5.74, 6) is -0.215. The number of anilines is 1. The second kappa shape index (κ2) is 5.85. The van der Waals surface area contributed by atoms with Gasteiger partial charge in [-0.05, 0) is 42.3 Å². The zero-order valence-corrected chi connectivity index (χ0v) is 11.2. The standard InChI is InChI=1S/C16H18FNO/c1-12(19)14-5-9-16(10-6-14)18(2)11-13-3-7-15(17)8-4-13/h3-10,12,19H,11H2,1-2H3. The van der Waals surface area contributed by atoms with Crippen molar-refractivity contribution in [2.24, 2.45) is 0 Å². The van der Waals surface area contributed by atoms with E-state index >= 15 is 0 Å². The molecule has 19 heavy (non-hydrogen) atoms. The predicted octanol–water partition coefficient (Wildman–Crippen LogP) is 3.52. The number of hydrogen-bond acceptors (Lipinski definition) is 2. The molecule has 0 saturated heterocycles. The van der Waals surface area contributed by atoms with Gasteiger partial charge < -0.3 is 10.0 Å². The zero-order valence-electron chi connectivity index (χ0n) is 11.2. The lowest BCUT2D eigenvalue weighted by atomic mass is 10.1. The number of benzene rings is 2. The molecule has 1 N–H and O–H groups in total. The highest BCUT2D eigenvalue weighted by molar-refractivity contribution is 5.47. The molecule has 1 unspecified atom stereocenters. The van der Waals surface area contributed by atoms with Crippen LogP contribution in [-0.2, 0) is 6.54 Å². The average Bonchev–Trinajstić information content (AvgIpc) is 2.41. The van der Waals surface area contributed by atoms with E-state index in [-0.39, 0.29) is 5.82 Å². The molecular weight excluding hydrogens is 241 g/mol. The molecule has 0 heterocycles. The highest BCUT2D eigenvalue weighted by atomic mass is 19.1. The molecule has 1 atom stereocenters. The molecule has 0 aliphatic carbocycles. The van der Waals surface area contributed by atoms with Gasteiger partial charge in [0, 0.05) is 19.3 Å². The first-order chi connectivity index (χ1) is 9.06. The van der Waals surface area contributed by atoms with E-state index in [1.807, 2.05) is 31.3 Å². The van der Waals surface area contributed by atoms with Gasteiger partial charge in [-0.1, -0.05) is 24.3 Å². The Morgan fingerprint density at radius 3 is 2.16 bits per heavy atom. The molecule has 0 saturated carbocycles. The summed E-state index contributed by atoms with van der Waals surface area (Å²) < 4.78 is 12.8. The summed E-state index contributed by atoms with van der Waals surface area (Å²) in [5, 5.41) is 9.47. The molecule has 0 spiro atoms. The van der Waals surface area contributed by atoms with Crippen LogP contribution in [0.25, 0.3) is 0 Å². The first-order valence-electron chi connectivity index (χ1n) is 6.30. The Balaban J connectivity index is 2.07. The Bertz CT molecular complexity index is 519. The smallest absolute Gasteiger partial charge is 0.123 e. The van der Waals surface area contributed by atoms with Crippen molar-refractivity contribution in [3.8, 4) is 0 Å². The van der Waals surface area contributed by atoms with Gasteiger partial charge in [0.2, 0.25) is 0 Å². The van der Waals surface area contributed by atoms with Crippen LogP contribution < -0.4 is 4.90 Å². The van der Waals surface area contributed by atoms with Crippen LogP contribution in [0.15, 0.2) is 48.5 Å². The minimum absolute atomic E-state index is 0.215. The highest BCUT2D eigenvalue weighted by Gasteiger charge is 2.04. The first-order valence-corrected chi connectivity index (χ1v) is 6.30. The van der Waals surface area contributed by atoms with Crippen LogP contribution in [0.2, 0.25) is 0 Å². The number of halogens is 1. The van der Waals surface area contributed by atoms with Crippen molar-refractivity contribution in [2.45, 2.75) is 19.6 Å². The summed E-state index contributed by atoms with van der Waals surface area (Å²) in [5.41, 5.74) is 3.02. The van der Waals surface area contributed by atoms with E-state index < -0.39 is 6.10 Å². The van der Waals surface area contributed by atoms with Gasteiger partial charge in [-0.25, -0.2) is 4.39 Å². The molecule has 100 valence electrons. The summed E-state index contributed by atoms with van der Waals surface area (Å²) in [6, 6.07) is 14.3. The minimum Gasteiger partial charge on any atom is -0.389 e. The van der Waals surface area contributed by atoms with E-state index in [1.165, 1.54) is 12.1 Å². The van der Waals surface area contributed by atoms with E-state index in [0.29, 0.717) is 6.54 Å². The third kappa shape index (κ3) is 3.55. The first kappa shape index (κ1) is 13.6. The van der Waals surface area contributed by atoms with E-state index in [4.69, 9.17) is 0 Å². The molecule has 0 aliphatic rings. The second-order valence-electron chi connectivity index (χ2n) is 4.75. The van der Waals surface area contributed by atoms with Gasteiger partial charge in [0.1, 0.15) is 5.82 Å².